The van der Waals surface area contributed by atoms with E-state index in [1.165, 1.54) is 11.1 Å². The van der Waals surface area contributed by atoms with Gasteiger partial charge in [-0.25, -0.2) is 4.98 Å². The number of benzene rings is 2. The second kappa shape index (κ2) is 9.23. The number of aromatic nitrogens is 1. The van der Waals surface area contributed by atoms with E-state index in [4.69, 9.17) is 4.74 Å². The van der Waals surface area contributed by atoms with Gasteiger partial charge in [-0.3, -0.25) is 4.79 Å². The lowest BCUT2D eigenvalue weighted by Gasteiger charge is -2.19. The Hall–Kier alpha value is -2.66. The van der Waals surface area contributed by atoms with Crippen molar-refractivity contribution >= 4 is 17.2 Å². The average Bonchev–Trinajstić information content (AvgIpc) is 3.15. The lowest BCUT2D eigenvalue weighted by Crippen LogP contribution is -2.30. The van der Waals surface area contributed by atoms with Crippen molar-refractivity contribution in [2.24, 2.45) is 0 Å². The molecule has 0 fully saturated rings. The van der Waals surface area contributed by atoms with Gasteiger partial charge >= 0.3 is 0 Å². The zero-order valence-corrected chi connectivity index (χ0v) is 18.3. The molecule has 0 bridgehead atoms. The van der Waals surface area contributed by atoms with Crippen molar-refractivity contribution in [3.63, 3.8) is 0 Å². The number of hydrogen-bond acceptors (Lipinski definition) is 4. The first-order valence-electron chi connectivity index (χ1n) is 9.83. The van der Waals surface area contributed by atoms with E-state index in [0.29, 0.717) is 18.7 Å². The predicted molar refractivity (Wildman–Crippen MR) is 120 cm³/mol. The molecule has 0 aliphatic rings. The molecule has 0 aliphatic carbocycles. The number of amides is 1. The van der Waals surface area contributed by atoms with E-state index >= 15 is 0 Å². The molecule has 3 aromatic rings. The van der Waals surface area contributed by atoms with Crippen molar-refractivity contribution in [2.45, 2.75) is 39.5 Å². The maximum atomic E-state index is 12.0. The molecule has 5 heteroatoms. The molecule has 0 saturated heterocycles. The lowest BCUT2D eigenvalue weighted by atomic mass is 9.87. The number of nitrogens with zero attached hydrogens (tertiary/aromatic N) is 1. The molecule has 0 unspecified atom stereocenters. The van der Waals surface area contributed by atoms with Crippen LogP contribution in [0.2, 0.25) is 0 Å². The number of carbonyl (C=O) groups is 1. The monoisotopic (exact) mass is 408 g/mol. The van der Waals surface area contributed by atoms with Gasteiger partial charge in [-0.15, -0.1) is 11.3 Å². The molecule has 1 aromatic heterocycles. The number of nitrogens with one attached hydrogen (secondary N) is 1. The Bertz CT molecular complexity index is 938. The first-order valence-corrected chi connectivity index (χ1v) is 10.7. The maximum Gasteiger partial charge on any atom is 0.257 e. The number of thiazole rings is 1. The average molecular weight is 409 g/mol. The van der Waals surface area contributed by atoms with Crippen LogP contribution >= 0.6 is 11.3 Å². The van der Waals surface area contributed by atoms with Crippen LogP contribution in [0.15, 0.2) is 53.9 Å². The van der Waals surface area contributed by atoms with Crippen LogP contribution in [0.5, 0.6) is 5.75 Å². The number of ether oxygens (including phenoxy) is 1. The number of hydrogen-bond donors (Lipinski definition) is 1. The highest BCUT2D eigenvalue weighted by Gasteiger charge is 2.13. The Morgan fingerprint density at radius 1 is 1.07 bits per heavy atom. The molecule has 1 N–H and O–H groups in total. The van der Waals surface area contributed by atoms with Gasteiger partial charge in [-0.2, -0.15) is 0 Å². The predicted octanol–water partition coefficient (Wildman–Crippen LogP) is 5.15. The summed E-state index contributed by atoms with van der Waals surface area (Å²) in [6, 6.07) is 16.3. The highest BCUT2D eigenvalue weighted by atomic mass is 32.1. The molecule has 29 heavy (non-hydrogen) atoms. The standard InChI is InChI=1S/C24H28N2O2S/c1-17-5-7-18(8-6-17)23-26-20(16-29-23)13-14-25-22(27)15-28-21-11-9-19(10-12-21)24(2,3)4/h5-12,16H,13-15H2,1-4H3,(H,25,27). The molecule has 0 atom stereocenters. The highest BCUT2D eigenvalue weighted by Crippen LogP contribution is 2.25. The van der Waals surface area contributed by atoms with Gasteiger partial charge in [0.15, 0.2) is 6.61 Å². The Morgan fingerprint density at radius 3 is 2.41 bits per heavy atom. The highest BCUT2D eigenvalue weighted by molar-refractivity contribution is 7.13. The SMILES string of the molecule is Cc1ccc(-c2nc(CCNC(=O)COc3ccc(C(C)(C)C)cc3)cs2)cc1. The first kappa shape index (κ1) is 21.1. The largest absolute Gasteiger partial charge is 0.484 e. The summed E-state index contributed by atoms with van der Waals surface area (Å²) in [5, 5.41) is 5.95. The van der Waals surface area contributed by atoms with Gasteiger partial charge in [0.1, 0.15) is 10.8 Å². The molecule has 0 spiro atoms. The molecule has 152 valence electrons. The normalized spacial score (nSPS) is 11.3. The Balaban J connectivity index is 1.41. The third-order valence-corrected chi connectivity index (χ3v) is 5.58. The fourth-order valence-corrected chi connectivity index (χ4v) is 3.69. The van der Waals surface area contributed by atoms with Crippen molar-refractivity contribution in [1.29, 1.82) is 0 Å². The zero-order valence-electron chi connectivity index (χ0n) is 17.5. The molecule has 2 aromatic carbocycles. The van der Waals surface area contributed by atoms with Crippen LogP contribution in [0.4, 0.5) is 0 Å². The minimum Gasteiger partial charge on any atom is -0.484 e. The second-order valence-electron chi connectivity index (χ2n) is 8.17. The van der Waals surface area contributed by atoms with Crippen molar-refractivity contribution in [1.82, 2.24) is 10.3 Å². The molecule has 0 saturated carbocycles. The fraction of sp³-hybridized carbons (Fsp3) is 0.333. The van der Waals surface area contributed by atoms with Crippen LogP contribution in [0.3, 0.4) is 0 Å². The van der Waals surface area contributed by atoms with Crippen molar-refractivity contribution in [3.8, 4) is 16.3 Å². The lowest BCUT2D eigenvalue weighted by molar-refractivity contribution is -0.123. The Morgan fingerprint density at radius 2 is 1.76 bits per heavy atom. The summed E-state index contributed by atoms with van der Waals surface area (Å²) in [4.78, 5) is 16.7. The van der Waals surface area contributed by atoms with E-state index in [1.807, 2.05) is 24.3 Å². The molecular formula is C24H28N2O2S. The van der Waals surface area contributed by atoms with Crippen molar-refractivity contribution in [2.75, 3.05) is 13.2 Å². The molecule has 1 amide bonds. The quantitative estimate of drug-likeness (QED) is 0.588. The van der Waals surface area contributed by atoms with E-state index in [-0.39, 0.29) is 17.9 Å². The molecule has 0 radical (unpaired) electrons. The summed E-state index contributed by atoms with van der Waals surface area (Å²) in [5.41, 5.74) is 4.69. The van der Waals surface area contributed by atoms with Gasteiger partial charge in [0.05, 0.1) is 5.69 Å². The van der Waals surface area contributed by atoms with E-state index in [9.17, 15) is 4.79 Å². The van der Waals surface area contributed by atoms with Crippen molar-refractivity contribution in [3.05, 3.63) is 70.7 Å². The third-order valence-electron chi connectivity index (χ3n) is 4.64. The number of aryl methyl sites for hydroxylation is 1. The van der Waals surface area contributed by atoms with Crippen LogP contribution in [0, 0.1) is 6.92 Å². The smallest absolute Gasteiger partial charge is 0.257 e. The minimum atomic E-state index is -0.126. The summed E-state index contributed by atoms with van der Waals surface area (Å²) < 4.78 is 5.58. The molecule has 1 heterocycles. The minimum absolute atomic E-state index is 0.0144. The van der Waals surface area contributed by atoms with Crippen LogP contribution in [-0.4, -0.2) is 24.0 Å². The van der Waals surface area contributed by atoms with Gasteiger partial charge in [0.25, 0.3) is 5.91 Å². The van der Waals surface area contributed by atoms with Crippen LogP contribution in [0.1, 0.15) is 37.6 Å². The summed E-state index contributed by atoms with van der Waals surface area (Å²) in [7, 11) is 0. The summed E-state index contributed by atoms with van der Waals surface area (Å²) in [6.07, 6.45) is 0.703. The van der Waals surface area contributed by atoms with Gasteiger partial charge in [0.2, 0.25) is 0 Å². The van der Waals surface area contributed by atoms with Crippen molar-refractivity contribution < 1.29 is 9.53 Å². The second-order valence-corrected chi connectivity index (χ2v) is 9.03. The molecule has 4 nitrogen and oxygen atoms in total. The van der Waals surface area contributed by atoms with Gasteiger partial charge < -0.3 is 10.1 Å². The van der Waals surface area contributed by atoms with Gasteiger partial charge in [-0.05, 0) is 30.0 Å². The van der Waals surface area contributed by atoms with Gasteiger partial charge in [-0.1, -0.05) is 62.7 Å². The topological polar surface area (TPSA) is 51.2 Å². The first-order chi connectivity index (χ1) is 13.8. The van der Waals surface area contributed by atoms with Gasteiger partial charge in [0, 0.05) is 23.9 Å². The summed E-state index contributed by atoms with van der Waals surface area (Å²) in [6.45, 7) is 9.14. The number of rotatable bonds is 7. The third kappa shape index (κ3) is 6.16. The van der Waals surface area contributed by atoms with Crippen LogP contribution in [0.25, 0.3) is 10.6 Å². The fourth-order valence-electron chi connectivity index (χ4n) is 2.83. The molecule has 0 aliphatic heterocycles. The van der Waals surface area contributed by atoms with E-state index in [1.54, 1.807) is 11.3 Å². The zero-order chi connectivity index (χ0) is 20.9. The van der Waals surface area contributed by atoms with E-state index < -0.39 is 0 Å². The maximum absolute atomic E-state index is 12.0. The summed E-state index contributed by atoms with van der Waals surface area (Å²) in [5.74, 6) is 0.578. The van der Waals surface area contributed by atoms with Crippen LogP contribution < -0.4 is 10.1 Å². The van der Waals surface area contributed by atoms with Crippen LogP contribution in [-0.2, 0) is 16.6 Å². The Kier molecular flexibility index (Phi) is 6.70. The summed E-state index contributed by atoms with van der Waals surface area (Å²) >= 11 is 1.63. The Labute approximate surface area is 177 Å². The van der Waals surface area contributed by atoms with E-state index in [2.05, 4.69) is 67.6 Å². The van der Waals surface area contributed by atoms with E-state index in [0.717, 1.165) is 16.3 Å². The number of carbonyl (C=O) groups excluding carboxylic acids is 1. The molecular weight excluding hydrogens is 380 g/mol. The molecule has 3 rings (SSSR count).